The molecule has 0 spiro atoms. The lowest BCUT2D eigenvalue weighted by atomic mass is 9.80. The molecule has 0 unspecified atom stereocenters. The van der Waals surface area contributed by atoms with Crippen LogP contribution in [0.5, 0.6) is 0 Å². The van der Waals surface area contributed by atoms with Crippen LogP contribution in [0.1, 0.15) is 42.6 Å². The van der Waals surface area contributed by atoms with Gasteiger partial charge in [0.05, 0.1) is 40.9 Å². The summed E-state index contributed by atoms with van der Waals surface area (Å²) in [5.41, 5.74) is 0.602. The molecule has 0 saturated heterocycles. The van der Waals surface area contributed by atoms with E-state index in [1.54, 1.807) is 6.92 Å². The molecular formula is C24H16ClF4N9O. The van der Waals surface area contributed by atoms with Gasteiger partial charge in [-0.15, -0.1) is 5.10 Å². The maximum absolute atomic E-state index is 14.1. The summed E-state index contributed by atoms with van der Waals surface area (Å²) in [6.07, 6.45) is 7.48. The fourth-order valence-electron chi connectivity index (χ4n) is 4.96. The van der Waals surface area contributed by atoms with E-state index in [-0.39, 0.29) is 34.2 Å². The molecule has 0 saturated carbocycles. The Morgan fingerprint density at radius 3 is 2.67 bits per heavy atom. The molecule has 0 aliphatic heterocycles. The van der Waals surface area contributed by atoms with Crippen LogP contribution in [0.15, 0.2) is 49.4 Å². The molecule has 1 amide bonds. The van der Waals surface area contributed by atoms with Crippen LogP contribution in [0, 0.1) is 11.8 Å². The molecule has 1 N–H and O–H groups in total. The number of alkyl halides is 2. The molecule has 0 aromatic carbocycles. The van der Waals surface area contributed by atoms with E-state index in [0.29, 0.717) is 21.5 Å². The van der Waals surface area contributed by atoms with Crippen molar-refractivity contribution >= 4 is 28.8 Å². The highest BCUT2D eigenvalue weighted by Crippen LogP contribution is 2.50. The van der Waals surface area contributed by atoms with E-state index in [2.05, 4.69) is 35.5 Å². The Labute approximate surface area is 221 Å². The third-order valence-corrected chi connectivity index (χ3v) is 7.04. The third kappa shape index (κ3) is 4.07. The van der Waals surface area contributed by atoms with Gasteiger partial charge in [0, 0.05) is 35.0 Å². The van der Waals surface area contributed by atoms with E-state index >= 15 is 0 Å². The van der Waals surface area contributed by atoms with Gasteiger partial charge in [-0.05, 0) is 19.4 Å². The van der Waals surface area contributed by atoms with Gasteiger partial charge in [-0.1, -0.05) is 11.6 Å². The molecule has 0 radical (unpaired) electrons. The van der Waals surface area contributed by atoms with Crippen molar-refractivity contribution in [2.24, 2.45) is 0 Å². The Kier molecular flexibility index (Phi) is 5.79. The maximum atomic E-state index is 14.1. The number of rotatable bonds is 5. The minimum Gasteiger partial charge on any atom is -0.324 e. The summed E-state index contributed by atoms with van der Waals surface area (Å²) in [4.78, 5) is 29.4. The number of amides is 1. The summed E-state index contributed by atoms with van der Waals surface area (Å²) in [5, 5.41) is 10.4. The van der Waals surface area contributed by atoms with E-state index in [4.69, 9.17) is 11.6 Å². The molecule has 15 heteroatoms. The number of nitrogens with zero attached hydrogens (tertiary/aromatic N) is 8. The average molecular weight is 558 g/mol. The summed E-state index contributed by atoms with van der Waals surface area (Å²) in [6, 6.07) is 2.53. The first-order chi connectivity index (χ1) is 18.7. The van der Waals surface area contributed by atoms with Crippen LogP contribution < -0.4 is 5.32 Å². The van der Waals surface area contributed by atoms with Crippen LogP contribution in [-0.2, 0) is 10.2 Å². The lowest BCUT2D eigenvalue weighted by Gasteiger charge is -2.24. The van der Waals surface area contributed by atoms with Gasteiger partial charge in [0.1, 0.15) is 17.7 Å². The predicted molar refractivity (Wildman–Crippen MR) is 129 cm³/mol. The molecule has 5 aromatic rings. The largest absolute Gasteiger partial charge is 0.333 e. The zero-order valence-corrected chi connectivity index (χ0v) is 20.6. The molecule has 39 heavy (non-hydrogen) atoms. The second-order valence-electron chi connectivity index (χ2n) is 9.14. The molecule has 198 valence electrons. The van der Waals surface area contributed by atoms with E-state index in [1.807, 2.05) is 0 Å². The highest BCUT2D eigenvalue weighted by Gasteiger charge is 2.48. The number of carbonyl (C=O) groups excluding carboxylic acids is 1. The van der Waals surface area contributed by atoms with Crippen molar-refractivity contribution in [2.45, 2.75) is 31.2 Å². The average Bonchev–Trinajstić information content (AvgIpc) is 3.61. The molecule has 1 aliphatic rings. The fourth-order valence-corrected chi connectivity index (χ4v) is 5.21. The summed E-state index contributed by atoms with van der Waals surface area (Å²) in [5.74, 6) is -2.81. The molecule has 10 nitrogen and oxygen atoms in total. The van der Waals surface area contributed by atoms with Gasteiger partial charge in [-0.25, -0.2) is 28.5 Å². The lowest BCUT2D eigenvalue weighted by Crippen LogP contribution is -2.25. The van der Waals surface area contributed by atoms with Crippen molar-refractivity contribution in [3.8, 4) is 11.4 Å². The Hall–Kier alpha value is -4.46. The van der Waals surface area contributed by atoms with Gasteiger partial charge in [0.2, 0.25) is 11.9 Å². The first kappa shape index (κ1) is 24.9. The smallest absolute Gasteiger partial charge is 0.324 e. The molecule has 0 bridgehead atoms. The molecule has 1 aliphatic carbocycles. The quantitative estimate of drug-likeness (QED) is 0.315. The van der Waals surface area contributed by atoms with Crippen molar-refractivity contribution < 1.29 is 22.4 Å². The van der Waals surface area contributed by atoms with Gasteiger partial charge in [-0.2, -0.15) is 18.3 Å². The summed E-state index contributed by atoms with van der Waals surface area (Å²) in [6.45, 7) is -1.12. The van der Waals surface area contributed by atoms with E-state index in [1.165, 1.54) is 35.4 Å². The van der Waals surface area contributed by atoms with E-state index < -0.39 is 35.6 Å². The Morgan fingerprint density at radius 2 is 1.95 bits per heavy atom. The van der Waals surface area contributed by atoms with Gasteiger partial charge in [0.25, 0.3) is 0 Å². The van der Waals surface area contributed by atoms with Crippen LogP contribution >= 0.6 is 11.6 Å². The molecule has 6 rings (SSSR count). The summed E-state index contributed by atoms with van der Waals surface area (Å²) >= 11 is 6.31. The number of nitrogens with one attached hydrogen (secondary N) is 1. The van der Waals surface area contributed by atoms with Crippen molar-refractivity contribution in [1.82, 2.24) is 39.3 Å². The van der Waals surface area contributed by atoms with Crippen molar-refractivity contribution in [3.05, 3.63) is 83.1 Å². The molecule has 2 atom stereocenters. The first-order valence-corrected chi connectivity index (χ1v) is 11.8. The minimum absolute atomic E-state index is 0.0388. The number of anilines is 1. The zero-order valence-electron chi connectivity index (χ0n) is 19.9. The lowest BCUT2D eigenvalue weighted by molar-refractivity contribution is -0.117. The standard InChI is InChI=1S/C24H16ClF4N9O/c1-24(11-5-34-37(9-11)23(28)29)4-13(14-7-31-18-3-17(27)36-38(18)21(14)24)22(39)35-12-2-15(25)19(32-6-12)20-16(26)8-30-10-33-20/h2-3,5-10,13,23H,4H2,1H3,(H,35,39)/t13-,24+/m0/s1. The van der Waals surface area contributed by atoms with E-state index in [9.17, 15) is 22.4 Å². The normalized spacial score (nSPS) is 18.6. The van der Waals surface area contributed by atoms with Crippen LogP contribution in [0.25, 0.3) is 17.0 Å². The molecule has 0 fully saturated rings. The number of pyridine rings is 1. The number of halogens is 5. The highest BCUT2D eigenvalue weighted by atomic mass is 35.5. The first-order valence-electron chi connectivity index (χ1n) is 11.5. The SMILES string of the molecule is C[C@]1(c2cnn(C(F)F)c2)C[C@H](C(=O)Nc2cnc(-c3ncncc3F)c(Cl)c2)c2cnc3cc(F)nn3c21. The predicted octanol–water partition coefficient (Wildman–Crippen LogP) is 4.54. The number of carbonyl (C=O) groups is 1. The number of hydrogen-bond acceptors (Lipinski definition) is 7. The number of hydrogen-bond donors (Lipinski definition) is 1. The fraction of sp³-hybridized carbons (Fsp3) is 0.208. The molecule has 5 heterocycles. The zero-order chi connectivity index (χ0) is 27.5. The van der Waals surface area contributed by atoms with Gasteiger partial charge in [0.15, 0.2) is 11.5 Å². The third-order valence-electron chi connectivity index (χ3n) is 6.75. The van der Waals surface area contributed by atoms with Gasteiger partial charge >= 0.3 is 6.55 Å². The van der Waals surface area contributed by atoms with E-state index in [0.717, 1.165) is 18.6 Å². The highest BCUT2D eigenvalue weighted by molar-refractivity contribution is 6.33. The molecular weight excluding hydrogens is 542 g/mol. The van der Waals surface area contributed by atoms with Gasteiger partial charge < -0.3 is 5.32 Å². The van der Waals surface area contributed by atoms with Crippen LogP contribution in [0.4, 0.5) is 23.2 Å². The van der Waals surface area contributed by atoms with Crippen molar-refractivity contribution in [2.75, 3.05) is 5.32 Å². The Morgan fingerprint density at radius 1 is 1.13 bits per heavy atom. The van der Waals surface area contributed by atoms with Crippen LogP contribution in [0.3, 0.4) is 0 Å². The maximum Gasteiger partial charge on any atom is 0.333 e. The van der Waals surface area contributed by atoms with Crippen LogP contribution in [-0.4, -0.2) is 45.2 Å². The monoisotopic (exact) mass is 557 g/mol. The van der Waals surface area contributed by atoms with Crippen LogP contribution in [0.2, 0.25) is 5.02 Å². The number of aromatic nitrogens is 8. The summed E-state index contributed by atoms with van der Waals surface area (Å²) in [7, 11) is 0. The second kappa shape index (κ2) is 9.08. The Bertz CT molecular complexity index is 1760. The minimum atomic E-state index is -2.86. The topological polar surface area (TPSA) is 116 Å². The molecule has 5 aromatic heterocycles. The van der Waals surface area contributed by atoms with Crippen molar-refractivity contribution in [1.29, 1.82) is 0 Å². The number of fused-ring (bicyclic) bond motifs is 3. The second-order valence-corrected chi connectivity index (χ2v) is 9.54. The van der Waals surface area contributed by atoms with Crippen molar-refractivity contribution in [3.63, 3.8) is 0 Å². The summed E-state index contributed by atoms with van der Waals surface area (Å²) < 4.78 is 56.6. The van der Waals surface area contributed by atoms with Gasteiger partial charge in [-0.3, -0.25) is 9.78 Å². The Balaban J connectivity index is 1.37.